The van der Waals surface area contributed by atoms with Crippen LogP contribution in [0.15, 0.2) is 63.9 Å². The molecule has 1 heterocycles. The summed E-state index contributed by atoms with van der Waals surface area (Å²) in [6.07, 6.45) is 0.508. The fourth-order valence-electron chi connectivity index (χ4n) is 4.26. The lowest BCUT2D eigenvalue weighted by Gasteiger charge is -2.40. The van der Waals surface area contributed by atoms with E-state index < -0.39 is 32.1 Å². The van der Waals surface area contributed by atoms with Crippen molar-refractivity contribution in [3.8, 4) is 0 Å². The van der Waals surface area contributed by atoms with Gasteiger partial charge in [0.05, 0.1) is 0 Å². The molecule has 0 amide bonds. The molecule has 0 bridgehead atoms. The average molecular weight is 458 g/mol. The van der Waals surface area contributed by atoms with Gasteiger partial charge in [-0.15, -0.1) is 4.98 Å². The van der Waals surface area contributed by atoms with Crippen LogP contribution in [0.2, 0.25) is 0 Å². The van der Waals surface area contributed by atoms with Gasteiger partial charge in [0.2, 0.25) is 5.95 Å². The number of carbonyl (C=O) groups excluding carboxylic acids is 1. The second kappa shape index (κ2) is 8.62. The molecule has 1 N–H and O–H groups in total. The maximum Gasteiger partial charge on any atom is 0.461 e. The minimum absolute atomic E-state index is 0.134. The highest BCUT2D eigenvalue weighted by Crippen LogP contribution is 2.42. The highest BCUT2D eigenvalue weighted by Gasteiger charge is 2.47. The fourth-order valence-corrected chi connectivity index (χ4v) is 6.01. The highest BCUT2D eigenvalue weighted by molar-refractivity contribution is 8.05. The Kier molecular flexibility index (Phi) is 5.88. The van der Waals surface area contributed by atoms with E-state index in [0.717, 1.165) is 5.56 Å². The lowest BCUT2D eigenvalue weighted by Crippen LogP contribution is -2.47. The number of hydrogen-bond acceptors (Lipinski definition) is 8. The molecule has 1 aliphatic carbocycles. The molecule has 1 unspecified atom stereocenters. The molecular weight excluding hydrogens is 434 g/mol. The Labute approximate surface area is 184 Å². The van der Waals surface area contributed by atoms with Crippen molar-refractivity contribution in [2.24, 2.45) is 5.92 Å². The van der Waals surface area contributed by atoms with Gasteiger partial charge in [-0.25, -0.2) is 18.0 Å². The van der Waals surface area contributed by atoms with Gasteiger partial charge >= 0.3 is 11.1 Å². The topological polar surface area (TPSA) is 123 Å². The summed E-state index contributed by atoms with van der Waals surface area (Å²) in [7, 11) is -2.65. The van der Waals surface area contributed by atoms with Gasteiger partial charge in [0.15, 0.2) is 0 Å². The summed E-state index contributed by atoms with van der Waals surface area (Å²) in [4.78, 5) is 29.5. The minimum atomic E-state index is -4.34. The van der Waals surface area contributed by atoms with Crippen LogP contribution < -0.4 is 10.7 Å². The molecule has 0 aliphatic heterocycles. The first-order valence-electron chi connectivity index (χ1n) is 10.1. The molecule has 3 atom stereocenters. The summed E-state index contributed by atoms with van der Waals surface area (Å²) in [5.74, 6) is -1.09. The summed E-state index contributed by atoms with van der Waals surface area (Å²) in [6, 6.07) is 15.7. The van der Waals surface area contributed by atoms with Crippen LogP contribution in [-0.2, 0) is 27.6 Å². The SMILES string of the molecule is C[C@H]1C(S(=O)(=O)C(=O)OCc2ccccc2)c2ccccc2C[C@H]1N(C)c1nc(=O)o[nH]1. The second-order valence-electron chi connectivity index (χ2n) is 7.84. The first kappa shape index (κ1) is 21.8. The molecule has 0 saturated carbocycles. The summed E-state index contributed by atoms with van der Waals surface area (Å²) in [5, 5.41) is 0.0804. The molecule has 2 aromatic carbocycles. The summed E-state index contributed by atoms with van der Waals surface area (Å²) in [5.41, 5.74) is 2.08. The molecule has 0 spiro atoms. The van der Waals surface area contributed by atoms with E-state index in [1.807, 2.05) is 18.2 Å². The molecule has 4 rings (SSSR count). The molecule has 32 heavy (non-hydrogen) atoms. The predicted octanol–water partition coefficient (Wildman–Crippen LogP) is 2.85. The number of benzene rings is 2. The van der Waals surface area contributed by atoms with Crippen LogP contribution in [0, 0.1) is 5.92 Å². The predicted molar refractivity (Wildman–Crippen MR) is 117 cm³/mol. The van der Waals surface area contributed by atoms with E-state index in [1.165, 1.54) is 0 Å². The first-order valence-corrected chi connectivity index (χ1v) is 11.6. The number of ether oxygens (including phenoxy) is 1. The number of H-pyrrole nitrogens is 1. The summed E-state index contributed by atoms with van der Waals surface area (Å²) < 4.78 is 36.6. The van der Waals surface area contributed by atoms with Gasteiger partial charge in [0, 0.05) is 13.1 Å². The van der Waals surface area contributed by atoms with E-state index in [-0.39, 0.29) is 18.6 Å². The number of nitrogens with zero attached hydrogens (tertiary/aromatic N) is 2. The van der Waals surface area contributed by atoms with Crippen LogP contribution >= 0.6 is 0 Å². The Balaban J connectivity index is 1.65. The Bertz CT molecular complexity index is 1270. The van der Waals surface area contributed by atoms with Gasteiger partial charge in [-0.2, -0.15) is 5.16 Å². The third-order valence-electron chi connectivity index (χ3n) is 5.90. The van der Waals surface area contributed by atoms with Crippen LogP contribution in [0.4, 0.5) is 10.7 Å². The number of aromatic nitrogens is 2. The third-order valence-corrected chi connectivity index (χ3v) is 7.83. The van der Waals surface area contributed by atoms with Gasteiger partial charge in [-0.05, 0) is 29.0 Å². The van der Waals surface area contributed by atoms with E-state index in [4.69, 9.17) is 4.74 Å². The zero-order valence-corrected chi connectivity index (χ0v) is 18.4. The Morgan fingerprint density at radius 3 is 2.56 bits per heavy atom. The number of aromatic amines is 1. The Morgan fingerprint density at radius 1 is 1.19 bits per heavy atom. The largest absolute Gasteiger partial charge is 0.461 e. The number of rotatable bonds is 5. The number of nitrogens with one attached hydrogen (secondary N) is 1. The van der Waals surface area contributed by atoms with Crippen LogP contribution in [0.25, 0.3) is 0 Å². The molecular formula is C22H23N3O6S. The Morgan fingerprint density at radius 2 is 1.88 bits per heavy atom. The molecule has 0 fully saturated rings. The number of carbonyl (C=O) groups is 1. The van der Waals surface area contributed by atoms with Gasteiger partial charge < -0.3 is 14.2 Å². The molecule has 10 heteroatoms. The van der Waals surface area contributed by atoms with E-state index in [1.54, 1.807) is 55.3 Å². The van der Waals surface area contributed by atoms with Crippen LogP contribution in [0.3, 0.4) is 0 Å². The van der Waals surface area contributed by atoms with Crippen molar-refractivity contribution in [1.29, 1.82) is 0 Å². The lowest BCUT2D eigenvalue weighted by atomic mass is 9.80. The molecule has 0 saturated heterocycles. The molecule has 1 aliphatic rings. The normalized spacial score (nSPS) is 20.4. The molecule has 3 aromatic rings. The van der Waals surface area contributed by atoms with Crippen molar-refractivity contribution in [2.75, 3.05) is 11.9 Å². The van der Waals surface area contributed by atoms with Crippen molar-refractivity contribution < 1.29 is 22.5 Å². The number of hydrogen-bond donors (Lipinski definition) is 1. The highest BCUT2D eigenvalue weighted by atomic mass is 32.2. The van der Waals surface area contributed by atoms with Gasteiger partial charge in [0.1, 0.15) is 11.9 Å². The monoisotopic (exact) mass is 457 g/mol. The van der Waals surface area contributed by atoms with Crippen molar-refractivity contribution in [2.45, 2.75) is 31.2 Å². The molecule has 0 radical (unpaired) electrons. The zero-order valence-electron chi connectivity index (χ0n) is 17.6. The van der Waals surface area contributed by atoms with E-state index >= 15 is 0 Å². The van der Waals surface area contributed by atoms with Crippen LogP contribution in [0.1, 0.15) is 28.9 Å². The maximum absolute atomic E-state index is 13.4. The number of fused-ring (bicyclic) bond motifs is 1. The van der Waals surface area contributed by atoms with Crippen molar-refractivity contribution in [1.82, 2.24) is 10.1 Å². The number of anilines is 1. The summed E-state index contributed by atoms with van der Waals surface area (Å²) >= 11 is 0. The van der Waals surface area contributed by atoms with Crippen LogP contribution in [-0.4, -0.2) is 36.9 Å². The van der Waals surface area contributed by atoms with Gasteiger partial charge in [-0.1, -0.05) is 61.5 Å². The summed E-state index contributed by atoms with van der Waals surface area (Å²) in [6.45, 7) is 1.63. The minimum Gasteiger partial charge on any atom is -0.449 e. The number of likely N-dealkylation sites (N-methyl/N-ethyl adjacent to an activating group) is 1. The van der Waals surface area contributed by atoms with E-state index in [9.17, 15) is 18.0 Å². The van der Waals surface area contributed by atoms with Crippen LogP contribution in [0.5, 0.6) is 0 Å². The molecule has 9 nitrogen and oxygen atoms in total. The van der Waals surface area contributed by atoms with E-state index in [0.29, 0.717) is 17.5 Å². The number of sulfone groups is 1. The quantitative estimate of drug-likeness (QED) is 0.580. The van der Waals surface area contributed by atoms with Crippen molar-refractivity contribution >= 4 is 21.1 Å². The molecule has 1 aromatic heterocycles. The first-order chi connectivity index (χ1) is 15.3. The average Bonchev–Trinajstić information content (AvgIpc) is 3.23. The smallest absolute Gasteiger partial charge is 0.449 e. The lowest BCUT2D eigenvalue weighted by molar-refractivity contribution is 0.165. The third kappa shape index (κ3) is 4.05. The standard InChI is InChI=1S/C22H23N3O6S/c1-14-18(25(2)20-23-21(26)31-24-20)12-16-10-6-7-11-17(16)19(14)32(28,29)22(27)30-13-15-8-4-3-5-9-15/h3-11,14,18-19H,12-13H2,1-2H3,(H,23,24,26)/t14-,18-,19?/m1/s1. The van der Waals surface area contributed by atoms with Crippen molar-refractivity contribution in [3.63, 3.8) is 0 Å². The molecule has 168 valence electrons. The maximum atomic E-state index is 13.4. The van der Waals surface area contributed by atoms with E-state index in [2.05, 4.69) is 14.7 Å². The van der Waals surface area contributed by atoms with Crippen molar-refractivity contribution in [3.05, 3.63) is 81.8 Å². The van der Waals surface area contributed by atoms with Gasteiger partial charge in [-0.3, -0.25) is 0 Å². The van der Waals surface area contributed by atoms with Gasteiger partial charge in [0.25, 0.3) is 9.84 Å². The Hall–Kier alpha value is -3.40. The second-order valence-corrected chi connectivity index (χ2v) is 9.77. The zero-order chi connectivity index (χ0) is 22.9. The fraction of sp³-hybridized carbons (Fsp3) is 0.318.